The Bertz CT molecular complexity index is 1390. The minimum absolute atomic E-state index is 0.122. The number of para-hydroxylation sites is 2. The quantitative estimate of drug-likeness (QED) is 0.382. The van der Waals surface area contributed by atoms with Gasteiger partial charge in [-0.1, -0.05) is 35.1 Å². The second-order valence-electron chi connectivity index (χ2n) is 8.29. The van der Waals surface area contributed by atoms with E-state index in [0.717, 1.165) is 55.0 Å². The normalized spacial score (nSPS) is 14.8. The first-order valence-electron chi connectivity index (χ1n) is 11.3. The van der Waals surface area contributed by atoms with E-state index in [-0.39, 0.29) is 12.5 Å². The number of aryl methyl sites for hydroxylation is 1. The Morgan fingerprint density at radius 1 is 1.21 bits per heavy atom. The summed E-state index contributed by atoms with van der Waals surface area (Å²) in [5.41, 5.74) is 2.74. The predicted octanol–water partition coefficient (Wildman–Crippen LogP) is 3.92. The Morgan fingerprint density at radius 2 is 2.00 bits per heavy atom. The first kappa shape index (κ1) is 23.0. The summed E-state index contributed by atoms with van der Waals surface area (Å²) in [5, 5.41) is 1.25. The number of ether oxygens (including phenoxy) is 1. The Kier molecular flexibility index (Phi) is 6.69. The highest BCUT2D eigenvalue weighted by Crippen LogP contribution is 2.34. The second kappa shape index (κ2) is 9.87. The van der Waals surface area contributed by atoms with E-state index in [0.29, 0.717) is 27.8 Å². The summed E-state index contributed by atoms with van der Waals surface area (Å²) in [6, 6.07) is 10.9. The molecule has 0 atom stereocenters. The van der Waals surface area contributed by atoms with Gasteiger partial charge in [0.15, 0.2) is 10.7 Å². The lowest BCUT2D eigenvalue weighted by molar-refractivity contribution is -0.119. The lowest BCUT2D eigenvalue weighted by Crippen LogP contribution is -2.40. The van der Waals surface area contributed by atoms with Gasteiger partial charge in [-0.25, -0.2) is 9.78 Å². The lowest BCUT2D eigenvalue weighted by Gasteiger charge is -2.27. The molecule has 34 heavy (non-hydrogen) atoms. The molecule has 0 unspecified atom stereocenters. The fourth-order valence-electron chi connectivity index (χ4n) is 4.19. The average Bonchev–Trinajstić information content (AvgIpc) is 3.41. The van der Waals surface area contributed by atoms with E-state index in [1.54, 1.807) is 23.1 Å². The van der Waals surface area contributed by atoms with Crippen LogP contribution in [0.2, 0.25) is 5.02 Å². The van der Waals surface area contributed by atoms with Gasteiger partial charge in [-0.3, -0.25) is 19.2 Å². The van der Waals surface area contributed by atoms with Crippen LogP contribution in [0.1, 0.15) is 12.0 Å². The number of benzene rings is 2. The number of amides is 1. The van der Waals surface area contributed by atoms with Crippen molar-refractivity contribution in [3.05, 3.63) is 57.5 Å². The number of oxazole rings is 1. The van der Waals surface area contributed by atoms with E-state index in [1.807, 2.05) is 25.1 Å². The average molecular weight is 501 g/mol. The number of carbonyl (C=O) groups excluding carboxylic acids is 1. The highest BCUT2D eigenvalue weighted by molar-refractivity contribution is 7.22. The Hall–Kier alpha value is -2.72. The number of nitrogens with zero attached hydrogens (tertiary/aromatic N) is 4. The number of hydrogen-bond donors (Lipinski definition) is 0. The molecule has 10 heteroatoms. The van der Waals surface area contributed by atoms with Gasteiger partial charge >= 0.3 is 5.76 Å². The van der Waals surface area contributed by atoms with Crippen LogP contribution in [0, 0.1) is 6.92 Å². The molecule has 178 valence electrons. The number of hydrogen-bond acceptors (Lipinski definition) is 7. The molecule has 1 amide bonds. The minimum Gasteiger partial charge on any atom is -0.408 e. The molecule has 0 saturated carbocycles. The van der Waals surface area contributed by atoms with E-state index in [9.17, 15) is 9.59 Å². The first-order chi connectivity index (χ1) is 16.5. The Morgan fingerprint density at radius 3 is 2.82 bits per heavy atom. The van der Waals surface area contributed by atoms with Gasteiger partial charge in [-0.2, -0.15) is 0 Å². The molecule has 1 aliphatic heterocycles. The number of rotatable bonds is 7. The smallest absolute Gasteiger partial charge is 0.408 e. The van der Waals surface area contributed by atoms with Crippen LogP contribution in [0.25, 0.3) is 21.3 Å². The Labute approximate surface area is 205 Å². The number of halogens is 1. The van der Waals surface area contributed by atoms with Crippen molar-refractivity contribution in [1.82, 2.24) is 14.5 Å². The third-order valence-corrected chi connectivity index (χ3v) is 7.55. The van der Waals surface area contributed by atoms with E-state index in [4.69, 9.17) is 25.7 Å². The standard InChI is InChI=1S/C24H25ClN4O4S/c1-16-17(25)7-8-20-22(16)26-23(34-20)28(10-4-9-27-11-13-32-14-12-27)21(30)15-29-18-5-2-3-6-19(18)33-24(29)31/h2-3,5-8H,4,9-15H2,1H3. The summed E-state index contributed by atoms with van der Waals surface area (Å²) in [6.07, 6.45) is 0.780. The fourth-order valence-corrected chi connectivity index (χ4v) is 5.41. The number of carbonyl (C=O) groups is 1. The molecule has 0 bridgehead atoms. The molecule has 5 rings (SSSR count). The van der Waals surface area contributed by atoms with Crippen molar-refractivity contribution in [3.8, 4) is 0 Å². The van der Waals surface area contributed by atoms with Crippen molar-refractivity contribution in [2.45, 2.75) is 19.9 Å². The maximum absolute atomic E-state index is 13.5. The van der Waals surface area contributed by atoms with Crippen LogP contribution >= 0.6 is 22.9 Å². The molecule has 4 aromatic rings. The topological polar surface area (TPSA) is 80.8 Å². The second-order valence-corrected chi connectivity index (χ2v) is 9.71. The number of aromatic nitrogens is 2. The van der Waals surface area contributed by atoms with E-state index >= 15 is 0 Å². The van der Waals surface area contributed by atoms with E-state index in [1.165, 1.54) is 15.9 Å². The van der Waals surface area contributed by atoms with Crippen LogP contribution in [0.15, 0.2) is 45.6 Å². The van der Waals surface area contributed by atoms with Crippen LogP contribution in [0.5, 0.6) is 0 Å². The summed E-state index contributed by atoms with van der Waals surface area (Å²) < 4.78 is 13.1. The van der Waals surface area contributed by atoms with E-state index in [2.05, 4.69) is 4.90 Å². The molecule has 2 aromatic heterocycles. The third-order valence-electron chi connectivity index (χ3n) is 6.10. The number of anilines is 1. The molecule has 0 N–H and O–H groups in total. The molecular formula is C24H25ClN4O4S. The molecular weight excluding hydrogens is 476 g/mol. The van der Waals surface area contributed by atoms with Crippen molar-refractivity contribution < 1.29 is 13.9 Å². The monoisotopic (exact) mass is 500 g/mol. The molecule has 0 spiro atoms. The maximum atomic E-state index is 13.5. The predicted molar refractivity (Wildman–Crippen MR) is 134 cm³/mol. The zero-order chi connectivity index (χ0) is 23.7. The zero-order valence-electron chi connectivity index (χ0n) is 18.8. The van der Waals surface area contributed by atoms with Crippen LogP contribution < -0.4 is 10.7 Å². The van der Waals surface area contributed by atoms with Crippen molar-refractivity contribution in [2.24, 2.45) is 0 Å². The van der Waals surface area contributed by atoms with Crippen LogP contribution in [-0.4, -0.2) is 59.8 Å². The summed E-state index contributed by atoms with van der Waals surface area (Å²) in [5.74, 6) is -0.756. The van der Waals surface area contributed by atoms with Crippen molar-refractivity contribution in [1.29, 1.82) is 0 Å². The van der Waals surface area contributed by atoms with Gasteiger partial charge in [-0.15, -0.1) is 0 Å². The van der Waals surface area contributed by atoms with Crippen LogP contribution in [-0.2, 0) is 16.1 Å². The highest BCUT2D eigenvalue weighted by Gasteiger charge is 2.23. The van der Waals surface area contributed by atoms with Crippen molar-refractivity contribution >= 4 is 55.3 Å². The number of morpholine rings is 1. The third kappa shape index (κ3) is 4.61. The van der Waals surface area contributed by atoms with Gasteiger partial charge in [0.1, 0.15) is 6.54 Å². The molecule has 0 radical (unpaired) electrons. The van der Waals surface area contributed by atoms with Gasteiger partial charge < -0.3 is 9.15 Å². The lowest BCUT2D eigenvalue weighted by atomic mass is 10.2. The van der Waals surface area contributed by atoms with Crippen LogP contribution in [0.3, 0.4) is 0 Å². The molecule has 1 fully saturated rings. The van der Waals surface area contributed by atoms with Gasteiger partial charge in [0, 0.05) is 31.2 Å². The summed E-state index contributed by atoms with van der Waals surface area (Å²) in [4.78, 5) is 34.8. The van der Waals surface area contributed by atoms with E-state index < -0.39 is 5.76 Å². The van der Waals surface area contributed by atoms with Gasteiger partial charge in [0.25, 0.3) is 0 Å². The molecule has 1 saturated heterocycles. The molecule has 1 aliphatic rings. The van der Waals surface area contributed by atoms with Gasteiger partial charge in [0.2, 0.25) is 5.91 Å². The summed E-state index contributed by atoms with van der Waals surface area (Å²) in [7, 11) is 0. The highest BCUT2D eigenvalue weighted by atomic mass is 35.5. The Balaban J connectivity index is 1.43. The first-order valence-corrected chi connectivity index (χ1v) is 12.4. The summed E-state index contributed by atoms with van der Waals surface area (Å²) in [6.45, 7) is 6.41. The molecule has 8 nitrogen and oxygen atoms in total. The fraction of sp³-hybridized carbons (Fsp3) is 0.375. The van der Waals surface area contributed by atoms with Gasteiger partial charge in [0.05, 0.1) is 28.9 Å². The van der Waals surface area contributed by atoms with Crippen LogP contribution in [0.4, 0.5) is 5.13 Å². The van der Waals surface area contributed by atoms with Crippen molar-refractivity contribution in [2.75, 3.05) is 44.3 Å². The molecule has 0 aliphatic carbocycles. The molecule has 2 aromatic carbocycles. The SMILES string of the molecule is Cc1c(Cl)ccc2sc(N(CCCN3CCOCC3)C(=O)Cn3c(=O)oc4ccccc43)nc12. The largest absolute Gasteiger partial charge is 0.420 e. The maximum Gasteiger partial charge on any atom is 0.420 e. The minimum atomic E-state index is -0.547. The van der Waals surface area contributed by atoms with Gasteiger partial charge in [-0.05, 0) is 43.2 Å². The zero-order valence-corrected chi connectivity index (χ0v) is 20.4. The number of thiazole rings is 1. The molecule has 3 heterocycles. The van der Waals surface area contributed by atoms with Crippen molar-refractivity contribution in [3.63, 3.8) is 0 Å². The summed E-state index contributed by atoms with van der Waals surface area (Å²) >= 11 is 7.75. The number of fused-ring (bicyclic) bond motifs is 2.